The van der Waals surface area contributed by atoms with E-state index in [9.17, 15) is 13.2 Å². The third kappa shape index (κ3) is 3.41. The van der Waals surface area contributed by atoms with Crippen LogP contribution < -0.4 is 5.73 Å². The molecule has 0 aromatic carbocycles. The summed E-state index contributed by atoms with van der Waals surface area (Å²) in [7, 11) is 0. The van der Waals surface area contributed by atoms with Gasteiger partial charge in [0.15, 0.2) is 0 Å². The second-order valence-corrected chi connectivity index (χ2v) is 3.21. The maximum atomic E-state index is 11.9. The summed E-state index contributed by atoms with van der Waals surface area (Å²) in [6.07, 6.45) is -5.18. The molecular formula is C9H12F3NO. The van der Waals surface area contributed by atoms with Crippen molar-refractivity contribution in [3.63, 3.8) is 0 Å². The van der Waals surface area contributed by atoms with Gasteiger partial charge in [-0.1, -0.05) is 0 Å². The van der Waals surface area contributed by atoms with E-state index in [2.05, 4.69) is 0 Å². The third-order valence-electron chi connectivity index (χ3n) is 1.87. The summed E-state index contributed by atoms with van der Waals surface area (Å²) in [6, 6.07) is 2.62. The van der Waals surface area contributed by atoms with Crippen molar-refractivity contribution in [1.29, 1.82) is 0 Å². The first kappa shape index (κ1) is 11.1. The van der Waals surface area contributed by atoms with Crippen molar-refractivity contribution in [3.8, 4) is 0 Å². The summed E-state index contributed by atoms with van der Waals surface area (Å²) in [4.78, 5) is 0. The second-order valence-electron chi connectivity index (χ2n) is 3.21. The van der Waals surface area contributed by atoms with Crippen LogP contribution in [0, 0.1) is 6.92 Å². The van der Waals surface area contributed by atoms with Gasteiger partial charge in [-0.3, -0.25) is 0 Å². The molecule has 1 aromatic heterocycles. The molecule has 2 nitrogen and oxygen atoms in total. The first-order chi connectivity index (χ1) is 6.38. The Morgan fingerprint density at radius 2 is 2.07 bits per heavy atom. The van der Waals surface area contributed by atoms with Crippen LogP contribution in [0.15, 0.2) is 16.5 Å². The zero-order valence-electron chi connectivity index (χ0n) is 7.77. The number of nitrogens with two attached hydrogens (primary N) is 1. The summed E-state index contributed by atoms with van der Waals surface area (Å²) in [6.45, 7) is 1.72. The van der Waals surface area contributed by atoms with Gasteiger partial charge in [-0.15, -0.1) is 0 Å². The molecule has 0 aliphatic rings. The predicted octanol–water partition coefficient (Wildman–Crippen LogP) is 2.93. The van der Waals surface area contributed by atoms with E-state index in [4.69, 9.17) is 10.2 Å². The van der Waals surface area contributed by atoms with Gasteiger partial charge in [0.05, 0.1) is 6.04 Å². The van der Waals surface area contributed by atoms with Crippen LogP contribution in [0.4, 0.5) is 13.2 Å². The van der Waals surface area contributed by atoms with Gasteiger partial charge in [-0.05, 0) is 25.5 Å². The van der Waals surface area contributed by atoms with Crippen LogP contribution in [0.3, 0.4) is 0 Å². The molecule has 0 aliphatic heterocycles. The van der Waals surface area contributed by atoms with Gasteiger partial charge in [0.1, 0.15) is 11.5 Å². The summed E-state index contributed by atoms with van der Waals surface area (Å²) < 4.78 is 40.7. The molecule has 1 heterocycles. The Kier molecular flexibility index (Phi) is 3.21. The van der Waals surface area contributed by atoms with E-state index in [-0.39, 0.29) is 6.42 Å². The highest BCUT2D eigenvalue weighted by Gasteiger charge is 2.28. The Bertz CT molecular complexity index is 292. The molecule has 0 aliphatic carbocycles. The maximum Gasteiger partial charge on any atom is 0.389 e. The van der Waals surface area contributed by atoms with Crippen molar-refractivity contribution in [2.24, 2.45) is 5.73 Å². The number of hydrogen-bond donors (Lipinski definition) is 1. The average Bonchev–Trinajstić information content (AvgIpc) is 2.46. The van der Waals surface area contributed by atoms with Crippen molar-refractivity contribution in [1.82, 2.24) is 0 Å². The van der Waals surface area contributed by atoms with E-state index >= 15 is 0 Å². The molecular weight excluding hydrogens is 195 g/mol. The SMILES string of the molecule is Cc1ccc(C(N)CCC(F)(F)F)o1. The molecule has 0 amide bonds. The minimum absolute atomic E-state index is 0.142. The van der Waals surface area contributed by atoms with Crippen molar-refractivity contribution in [2.75, 3.05) is 0 Å². The highest BCUT2D eigenvalue weighted by atomic mass is 19.4. The second kappa shape index (κ2) is 4.04. The van der Waals surface area contributed by atoms with E-state index in [0.29, 0.717) is 11.5 Å². The lowest BCUT2D eigenvalue weighted by atomic mass is 10.1. The Balaban J connectivity index is 2.47. The number of rotatable bonds is 3. The molecule has 1 aromatic rings. The zero-order chi connectivity index (χ0) is 10.8. The van der Waals surface area contributed by atoms with Crippen LogP contribution in [0.2, 0.25) is 0 Å². The predicted molar refractivity (Wildman–Crippen MR) is 45.7 cm³/mol. The lowest BCUT2D eigenvalue weighted by Crippen LogP contribution is -2.15. The lowest BCUT2D eigenvalue weighted by Gasteiger charge is -2.10. The normalized spacial score (nSPS) is 14.4. The van der Waals surface area contributed by atoms with Crippen molar-refractivity contribution in [3.05, 3.63) is 23.7 Å². The third-order valence-corrected chi connectivity index (χ3v) is 1.87. The van der Waals surface area contributed by atoms with Crippen LogP contribution in [-0.4, -0.2) is 6.18 Å². The molecule has 80 valence electrons. The van der Waals surface area contributed by atoms with Crippen LogP contribution in [-0.2, 0) is 0 Å². The Labute approximate surface area is 79.9 Å². The summed E-state index contributed by atoms with van der Waals surface area (Å²) in [5.74, 6) is 1.06. The minimum Gasteiger partial charge on any atom is -0.465 e. The molecule has 1 atom stereocenters. The van der Waals surface area contributed by atoms with E-state index in [0.717, 1.165) is 0 Å². The van der Waals surface area contributed by atoms with Gasteiger partial charge in [0.25, 0.3) is 0 Å². The molecule has 14 heavy (non-hydrogen) atoms. The number of furan rings is 1. The quantitative estimate of drug-likeness (QED) is 0.827. The largest absolute Gasteiger partial charge is 0.465 e. The fourth-order valence-corrected chi connectivity index (χ4v) is 1.11. The number of halogens is 3. The van der Waals surface area contributed by atoms with Gasteiger partial charge in [-0.2, -0.15) is 13.2 Å². The van der Waals surface area contributed by atoms with Gasteiger partial charge in [0.2, 0.25) is 0 Å². The topological polar surface area (TPSA) is 39.2 Å². The smallest absolute Gasteiger partial charge is 0.389 e. The molecule has 0 fully saturated rings. The first-order valence-corrected chi connectivity index (χ1v) is 4.27. The molecule has 1 unspecified atom stereocenters. The van der Waals surface area contributed by atoms with Crippen molar-refractivity contribution >= 4 is 0 Å². The van der Waals surface area contributed by atoms with Gasteiger partial charge in [-0.25, -0.2) is 0 Å². The number of alkyl halides is 3. The molecule has 0 saturated carbocycles. The molecule has 5 heteroatoms. The van der Waals surface area contributed by atoms with E-state index < -0.39 is 18.6 Å². The van der Waals surface area contributed by atoms with Crippen LogP contribution >= 0.6 is 0 Å². The maximum absolute atomic E-state index is 11.9. The minimum atomic E-state index is -4.15. The van der Waals surface area contributed by atoms with Gasteiger partial charge >= 0.3 is 6.18 Å². The molecule has 0 radical (unpaired) electrons. The monoisotopic (exact) mass is 207 g/mol. The molecule has 0 spiro atoms. The highest BCUT2D eigenvalue weighted by Crippen LogP contribution is 2.26. The van der Waals surface area contributed by atoms with E-state index in [1.807, 2.05) is 0 Å². The zero-order valence-corrected chi connectivity index (χ0v) is 7.77. The van der Waals surface area contributed by atoms with Gasteiger partial charge in [0, 0.05) is 6.42 Å². The number of aryl methyl sites for hydroxylation is 1. The first-order valence-electron chi connectivity index (χ1n) is 4.27. The fraction of sp³-hybridized carbons (Fsp3) is 0.556. The van der Waals surface area contributed by atoms with Crippen LogP contribution in [0.25, 0.3) is 0 Å². The summed E-state index contributed by atoms with van der Waals surface area (Å²) >= 11 is 0. The lowest BCUT2D eigenvalue weighted by molar-refractivity contribution is -0.136. The van der Waals surface area contributed by atoms with Gasteiger partial charge < -0.3 is 10.2 Å². The molecule has 0 saturated heterocycles. The Hall–Kier alpha value is -0.970. The summed E-state index contributed by atoms with van der Waals surface area (Å²) in [5.41, 5.74) is 5.52. The Morgan fingerprint density at radius 3 is 2.50 bits per heavy atom. The standard InChI is InChI=1S/C9H12F3NO/c1-6-2-3-8(14-6)7(13)4-5-9(10,11)12/h2-3,7H,4-5,13H2,1H3. The highest BCUT2D eigenvalue weighted by molar-refractivity contribution is 5.08. The van der Waals surface area contributed by atoms with Crippen LogP contribution in [0.1, 0.15) is 30.4 Å². The Morgan fingerprint density at radius 1 is 1.43 bits per heavy atom. The molecule has 0 bridgehead atoms. The summed E-state index contributed by atoms with van der Waals surface area (Å²) in [5, 5.41) is 0. The fourth-order valence-electron chi connectivity index (χ4n) is 1.11. The van der Waals surface area contributed by atoms with E-state index in [1.165, 1.54) is 0 Å². The van der Waals surface area contributed by atoms with Crippen molar-refractivity contribution < 1.29 is 17.6 Å². The number of hydrogen-bond acceptors (Lipinski definition) is 2. The molecule has 2 N–H and O–H groups in total. The van der Waals surface area contributed by atoms with E-state index in [1.54, 1.807) is 19.1 Å². The average molecular weight is 207 g/mol. The van der Waals surface area contributed by atoms with Crippen LogP contribution in [0.5, 0.6) is 0 Å². The molecule has 1 rings (SSSR count). The van der Waals surface area contributed by atoms with Crippen molar-refractivity contribution in [2.45, 2.75) is 32.0 Å².